The third kappa shape index (κ3) is 5.03. The lowest BCUT2D eigenvalue weighted by Crippen LogP contribution is -2.45. The molecule has 2 heterocycles. The highest BCUT2D eigenvalue weighted by molar-refractivity contribution is 5.97. The Bertz CT molecular complexity index is 756. The van der Waals surface area contributed by atoms with E-state index in [2.05, 4.69) is 5.32 Å². The van der Waals surface area contributed by atoms with Crippen molar-refractivity contribution in [2.45, 2.75) is 64.6 Å². The topological polar surface area (TPSA) is 79.0 Å². The van der Waals surface area contributed by atoms with Crippen LogP contribution in [0.15, 0.2) is 24.3 Å². The second kappa shape index (κ2) is 8.20. The van der Waals surface area contributed by atoms with Gasteiger partial charge in [-0.15, -0.1) is 0 Å². The Morgan fingerprint density at radius 1 is 1.21 bits per heavy atom. The summed E-state index contributed by atoms with van der Waals surface area (Å²) >= 11 is 0. The fraction of sp³-hybridized carbons (Fsp3) is 0.571. The van der Waals surface area contributed by atoms with E-state index in [-0.39, 0.29) is 11.8 Å². The van der Waals surface area contributed by atoms with Crippen LogP contribution in [0.5, 0.6) is 0 Å². The van der Waals surface area contributed by atoms with Gasteiger partial charge < -0.3 is 15.0 Å². The van der Waals surface area contributed by atoms with E-state index in [4.69, 9.17) is 4.74 Å². The molecule has 0 spiro atoms. The maximum atomic E-state index is 12.8. The number of nitrogens with one attached hydrogen (secondary N) is 1. The number of likely N-dealkylation sites (tertiary alicyclic amines) is 2. The number of amides is 3. The predicted octanol–water partition coefficient (Wildman–Crippen LogP) is 3.15. The van der Waals surface area contributed by atoms with Crippen LogP contribution in [0.3, 0.4) is 0 Å². The number of carbonyl (C=O) groups is 3. The van der Waals surface area contributed by atoms with Gasteiger partial charge in [0.2, 0.25) is 11.8 Å². The van der Waals surface area contributed by atoms with Crippen LogP contribution in [-0.4, -0.2) is 52.4 Å². The maximum Gasteiger partial charge on any atom is 0.410 e. The molecule has 7 nitrogen and oxygen atoms in total. The van der Waals surface area contributed by atoms with Gasteiger partial charge in [-0.2, -0.15) is 0 Å². The molecule has 3 amide bonds. The molecule has 152 valence electrons. The van der Waals surface area contributed by atoms with Crippen LogP contribution >= 0.6 is 0 Å². The summed E-state index contributed by atoms with van der Waals surface area (Å²) in [6.45, 7) is 7.29. The molecule has 2 fully saturated rings. The minimum absolute atomic E-state index is 0.174. The molecule has 0 saturated carbocycles. The third-order valence-corrected chi connectivity index (χ3v) is 4.92. The van der Waals surface area contributed by atoms with Gasteiger partial charge in [-0.3, -0.25) is 14.5 Å². The number of hydrogen-bond acceptors (Lipinski definition) is 4. The smallest absolute Gasteiger partial charge is 0.410 e. The summed E-state index contributed by atoms with van der Waals surface area (Å²) in [6.07, 6.45) is 2.45. The molecular formula is C21H29N3O4. The molecule has 0 bridgehead atoms. The number of rotatable bonds is 4. The van der Waals surface area contributed by atoms with Crippen molar-refractivity contribution in [1.29, 1.82) is 0 Å². The van der Waals surface area contributed by atoms with E-state index >= 15 is 0 Å². The van der Waals surface area contributed by atoms with Gasteiger partial charge in [-0.05, 0) is 57.7 Å². The third-order valence-electron chi connectivity index (χ3n) is 4.92. The molecule has 1 aromatic carbocycles. The summed E-state index contributed by atoms with van der Waals surface area (Å²) in [4.78, 5) is 40.3. The average Bonchev–Trinajstić information content (AvgIpc) is 3.23. The summed E-state index contributed by atoms with van der Waals surface area (Å²) in [6, 6.07) is 6.99. The minimum atomic E-state index is -0.595. The highest BCUT2D eigenvalue weighted by atomic mass is 16.6. The van der Waals surface area contributed by atoms with Gasteiger partial charge in [0.15, 0.2) is 0 Å². The molecule has 2 saturated heterocycles. The van der Waals surface area contributed by atoms with Crippen LogP contribution in [0.2, 0.25) is 0 Å². The number of anilines is 1. The first-order valence-electron chi connectivity index (χ1n) is 9.90. The predicted molar refractivity (Wildman–Crippen MR) is 106 cm³/mol. The van der Waals surface area contributed by atoms with Crippen LogP contribution < -0.4 is 5.32 Å². The van der Waals surface area contributed by atoms with E-state index in [0.29, 0.717) is 31.6 Å². The van der Waals surface area contributed by atoms with Crippen LogP contribution in [-0.2, 0) is 20.9 Å². The molecule has 2 aliphatic heterocycles. The van der Waals surface area contributed by atoms with Crippen LogP contribution in [0, 0.1) is 0 Å². The van der Waals surface area contributed by atoms with Crippen LogP contribution in [0.1, 0.15) is 52.0 Å². The summed E-state index contributed by atoms with van der Waals surface area (Å²) in [7, 11) is 0. The Morgan fingerprint density at radius 2 is 2.00 bits per heavy atom. The van der Waals surface area contributed by atoms with Crippen molar-refractivity contribution >= 4 is 23.6 Å². The Balaban J connectivity index is 1.63. The molecule has 0 unspecified atom stereocenters. The SMILES string of the molecule is CC(C)(C)OC(=O)N1CCC[C@H]1C(=O)Nc1cccc(CN2CCCC2=O)c1. The Labute approximate surface area is 166 Å². The largest absolute Gasteiger partial charge is 0.444 e. The van der Waals surface area contributed by atoms with Gasteiger partial charge in [0.05, 0.1) is 0 Å². The zero-order valence-electron chi connectivity index (χ0n) is 16.9. The lowest BCUT2D eigenvalue weighted by atomic mass is 10.1. The second-order valence-electron chi connectivity index (χ2n) is 8.44. The summed E-state index contributed by atoms with van der Waals surface area (Å²) in [5, 5.41) is 2.92. The van der Waals surface area contributed by atoms with Gasteiger partial charge in [-0.25, -0.2) is 4.79 Å². The van der Waals surface area contributed by atoms with E-state index < -0.39 is 17.7 Å². The van der Waals surface area contributed by atoms with Gasteiger partial charge in [0.1, 0.15) is 11.6 Å². The molecule has 0 radical (unpaired) electrons. The molecule has 0 aromatic heterocycles. The summed E-state index contributed by atoms with van der Waals surface area (Å²) in [5.74, 6) is -0.0360. The summed E-state index contributed by atoms with van der Waals surface area (Å²) < 4.78 is 5.43. The number of benzene rings is 1. The average molecular weight is 387 g/mol. The van der Waals surface area contributed by atoms with E-state index in [1.54, 1.807) is 0 Å². The van der Waals surface area contributed by atoms with Crippen molar-refractivity contribution in [1.82, 2.24) is 9.80 Å². The molecule has 7 heteroatoms. The zero-order chi connectivity index (χ0) is 20.3. The Morgan fingerprint density at radius 3 is 2.68 bits per heavy atom. The number of ether oxygens (including phenoxy) is 1. The summed E-state index contributed by atoms with van der Waals surface area (Å²) in [5.41, 5.74) is 1.05. The molecule has 1 atom stereocenters. The fourth-order valence-electron chi connectivity index (χ4n) is 3.64. The maximum absolute atomic E-state index is 12.8. The highest BCUT2D eigenvalue weighted by Gasteiger charge is 2.36. The van der Waals surface area contributed by atoms with E-state index in [1.165, 1.54) is 4.90 Å². The first-order chi connectivity index (χ1) is 13.2. The fourth-order valence-corrected chi connectivity index (χ4v) is 3.64. The Hall–Kier alpha value is -2.57. The quantitative estimate of drug-likeness (QED) is 0.861. The van der Waals surface area contributed by atoms with Crippen molar-refractivity contribution in [2.75, 3.05) is 18.4 Å². The van der Waals surface area contributed by atoms with Crippen molar-refractivity contribution in [3.8, 4) is 0 Å². The molecule has 0 aliphatic carbocycles. The van der Waals surface area contributed by atoms with Crippen molar-refractivity contribution < 1.29 is 19.1 Å². The zero-order valence-corrected chi connectivity index (χ0v) is 16.9. The molecular weight excluding hydrogens is 358 g/mol. The lowest BCUT2D eigenvalue weighted by Gasteiger charge is -2.28. The van der Waals surface area contributed by atoms with Gasteiger partial charge in [-0.1, -0.05) is 12.1 Å². The van der Waals surface area contributed by atoms with Crippen molar-refractivity contribution in [3.63, 3.8) is 0 Å². The van der Waals surface area contributed by atoms with Crippen LogP contribution in [0.4, 0.5) is 10.5 Å². The van der Waals surface area contributed by atoms with Gasteiger partial charge >= 0.3 is 6.09 Å². The molecule has 1 N–H and O–H groups in total. The van der Waals surface area contributed by atoms with Crippen molar-refractivity contribution in [2.24, 2.45) is 0 Å². The number of carbonyl (C=O) groups excluding carboxylic acids is 3. The van der Waals surface area contributed by atoms with Crippen LogP contribution in [0.25, 0.3) is 0 Å². The van der Waals surface area contributed by atoms with E-state index in [9.17, 15) is 14.4 Å². The minimum Gasteiger partial charge on any atom is -0.444 e. The van der Waals surface area contributed by atoms with Gasteiger partial charge in [0, 0.05) is 31.7 Å². The highest BCUT2D eigenvalue weighted by Crippen LogP contribution is 2.23. The van der Waals surface area contributed by atoms with Gasteiger partial charge in [0.25, 0.3) is 0 Å². The molecule has 28 heavy (non-hydrogen) atoms. The van der Waals surface area contributed by atoms with Crippen molar-refractivity contribution in [3.05, 3.63) is 29.8 Å². The standard InChI is InChI=1S/C21H29N3O4/c1-21(2,3)28-20(27)24-12-5-9-17(24)19(26)22-16-8-4-7-15(13-16)14-23-11-6-10-18(23)25/h4,7-8,13,17H,5-6,9-12,14H2,1-3H3,(H,22,26)/t17-/m0/s1. The molecule has 3 rings (SSSR count). The first-order valence-corrected chi connectivity index (χ1v) is 9.90. The lowest BCUT2D eigenvalue weighted by molar-refractivity contribution is -0.128. The monoisotopic (exact) mass is 387 g/mol. The molecule has 1 aromatic rings. The molecule has 2 aliphatic rings. The van der Waals surface area contributed by atoms with E-state index in [1.807, 2.05) is 49.9 Å². The Kier molecular flexibility index (Phi) is 5.91. The number of nitrogens with zero attached hydrogens (tertiary/aromatic N) is 2. The number of hydrogen-bond donors (Lipinski definition) is 1. The first kappa shape index (κ1) is 20.2. The second-order valence-corrected chi connectivity index (χ2v) is 8.44. The normalized spacial score (nSPS) is 19.8. The van der Waals surface area contributed by atoms with E-state index in [0.717, 1.165) is 24.9 Å².